The number of benzene rings is 2. The molecule has 0 aliphatic carbocycles. The maximum atomic E-state index is 11.1. The summed E-state index contributed by atoms with van der Waals surface area (Å²) in [6.45, 7) is 6.06. The van der Waals surface area contributed by atoms with Crippen molar-refractivity contribution in [2.75, 3.05) is 5.32 Å². The Labute approximate surface area is 147 Å². The Kier molecular flexibility index (Phi) is 5.10. The van der Waals surface area contributed by atoms with Crippen LogP contribution >= 0.6 is 12.4 Å². The second-order valence-corrected chi connectivity index (χ2v) is 5.80. The van der Waals surface area contributed by atoms with Crippen LogP contribution in [0.2, 0.25) is 0 Å². The summed E-state index contributed by atoms with van der Waals surface area (Å²) in [5, 5.41) is 13.5. The summed E-state index contributed by atoms with van der Waals surface area (Å²) in [5.74, 6) is -0.934. The number of anilines is 2. The Morgan fingerprint density at radius 2 is 1.83 bits per heavy atom. The molecule has 0 fully saturated rings. The highest BCUT2D eigenvalue weighted by Gasteiger charge is 2.09. The zero-order chi connectivity index (χ0) is 16.6. The zero-order valence-electron chi connectivity index (χ0n) is 13.8. The summed E-state index contributed by atoms with van der Waals surface area (Å²) in [6, 6.07) is 13.0. The molecule has 3 aromatic rings. The quantitative estimate of drug-likeness (QED) is 0.701. The third kappa shape index (κ3) is 3.49. The maximum absolute atomic E-state index is 11.1. The average molecular weight is 343 g/mol. The van der Waals surface area contributed by atoms with Crippen molar-refractivity contribution in [3.63, 3.8) is 0 Å². The fourth-order valence-corrected chi connectivity index (χ4v) is 2.80. The molecular weight excluding hydrogens is 324 g/mol. The van der Waals surface area contributed by atoms with Crippen molar-refractivity contribution in [1.29, 1.82) is 0 Å². The van der Waals surface area contributed by atoms with Crippen molar-refractivity contribution < 1.29 is 9.90 Å². The number of rotatable bonds is 3. The number of fused-ring (bicyclic) bond motifs is 1. The molecule has 0 spiro atoms. The maximum Gasteiger partial charge on any atom is 0.335 e. The number of aromatic carboxylic acids is 1. The minimum Gasteiger partial charge on any atom is -0.478 e. The second kappa shape index (κ2) is 6.89. The smallest absolute Gasteiger partial charge is 0.335 e. The van der Waals surface area contributed by atoms with Crippen molar-refractivity contribution in [3.8, 4) is 0 Å². The summed E-state index contributed by atoms with van der Waals surface area (Å²) in [6.07, 6.45) is 0. The molecule has 0 saturated carbocycles. The van der Waals surface area contributed by atoms with E-state index in [0.29, 0.717) is 0 Å². The van der Waals surface area contributed by atoms with Crippen molar-refractivity contribution in [1.82, 2.24) is 4.98 Å². The van der Waals surface area contributed by atoms with Gasteiger partial charge in [-0.25, -0.2) is 4.79 Å². The van der Waals surface area contributed by atoms with Gasteiger partial charge in [0.2, 0.25) is 0 Å². The van der Waals surface area contributed by atoms with Gasteiger partial charge in [-0.1, -0.05) is 17.7 Å². The molecule has 1 aromatic heterocycles. The lowest BCUT2D eigenvalue weighted by Crippen LogP contribution is -1.99. The number of nitrogens with one attached hydrogen (secondary N) is 1. The van der Waals surface area contributed by atoms with E-state index in [1.807, 2.05) is 19.1 Å². The number of halogens is 1. The van der Waals surface area contributed by atoms with Gasteiger partial charge in [0.05, 0.1) is 11.1 Å². The molecule has 5 heteroatoms. The molecule has 3 rings (SSSR count). The van der Waals surface area contributed by atoms with Gasteiger partial charge in [0, 0.05) is 22.5 Å². The fraction of sp³-hybridized carbons (Fsp3) is 0.158. The lowest BCUT2D eigenvalue weighted by atomic mass is 10.0. The normalized spacial score (nSPS) is 10.3. The summed E-state index contributed by atoms with van der Waals surface area (Å²) in [5.41, 5.74) is 6.12. The molecule has 0 aliphatic rings. The van der Waals surface area contributed by atoms with Gasteiger partial charge in [0.25, 0.3) is 0 Å². The van der Waals surface area contributed by atoms with Gasteiger partial charge >= 0.3 is 5.97 Å². The van der Waals surface area contributed by atoms with E-state index in [4.69, 9.17) is 5.11 Å². The van der Waals surface area contributed by atoms with Gasteiger partial charge in [-0.15, -0.1) is 12.4 Å². The van der Waals surface area contributed by atoms with Gasteiger partial charge in [-0.2, -0.15) is 0 Å². The van der Waals surface area contributed by atoms with Gasteiger partial charge < -0.3 is 10.4 Å². The molecule has 0 amide bonds. The number of carboxylic acid groups (broad SMARTS) is 1. The van der Waals surface area contributed by atoms with Crippen LogP contribution in [0.15, 0.2) is 42.5 Å². The monoisotopic (exact) mass is 342 g/mol. The molecular formula is C19H19ClN2O2. The summed E-state index contributed by atoms with van der Waals surface area (Å²) < 4.78 is 0. The van der Waals surface area contributed by atoms with E-state index in [1.165, 1.54) is 5.56 Å². The van der Waals surface area contributed by atoms with E-state index in [-0.39, 0.29) is 18.0 Å². The lowest BCUT2D eigenvalue weighted by Gasteiger charge is -2.13. The molecule has 4 nitrogen and oxygen atoms in total. The van der Waals surface area contributed by atoms with Crippen LogP contribution in [0.1, 0.15) is 27.2 Å². The molecule has 2 aromatic carbocycles. The molecule has 0 atom stereocenters. The first kappa shape index (κ1) is 17.8. The van der Waals surface area contributed by atoms with Crippen molar-refractivity contribution >= 4 is 40.7 Å². The zero-order valence-corrected chi connectivity index (χ0v) is 14.6. The topological polar surface area (TPSA) is 62.2 Å². The van der Waals surface area contributed by atoms with E-state index in [2.05, 4.69) is 36.3 Å². The third-order valence-electron chi connectivity index (χ3n) is 3.76. The van der Waals surface area contributed by atoms with Gasteiger partial charge in [-0.05, 0) is 56.7 Å². The number of nitrogens with zero attached hydrogens (tertiary/aromatic N) is 1. The molecule has 0 aliphatic heterocycles. The standard InChI is InChI=1S/C19H18N2O2.ClH/c1-11-7-12(2)18-16(8-11)17(9-13(3)20-18)21-15-6-4-5-14(10-15)19(22)23;/h4-10H,1-3H3,(H,20,21)(H,22,23);1H. The van der Waals surface area contributed by atoms with Crippen LogP contribution in [0.4, 0.5) is 11.4 Å². The Bertz CT molecular complexity index is 923. The van der Waals surface area contributed by atoms with E-state index >= 15 is 0 Å². The van der Waals surface area contributed by atoms with Crippen LogP contribution in [0.25, 0.3) is 10.9 Å². The molecule has 124 valence electrons. The number of aromatic nitrogens is 1. The van der Waals surface area contributed by atoms with Crippen molar-refractivity contribution in [3.05, 3.63) is 64.8 Å². The number of carboxylic acids is 1. The number of aryl methyl sites for hydroxylation is 3. The van der Waals surface area contributed by atoms with Crippen LogP contribution in [0.5, 0.6) is 0 Å². The highest BCUT2D eigenvalue weighted by Crippen LogP contribution is 2.29. The van der Waals surface area contributed by atoms with Crippen molar-refractivity contribution in [2.24, 2.45) is 0 Å². The Morgan fingerprint density at radius 3 is 2.54 bits per heavy atom. The van der Waals surface area contributed by atoms with E-state index < -0.39 is 5.97 Å². The first-order valence-corrected chi connectivity index (χ1v) is 7.43. The van der Waals surface area contributed by atoms with E-state index in [1.54, 1.807) is 18.2 Å². The summed E-state index contributed by atoms with van der Waals surface area (Å²) >= 11 is 0. The second-order valence-electron chi connectivity index (χ2n) is 5.80. The highest BCUT2D eigenvalue weighted by molar-refractivity contribution is 5.96. The highest BCUT2D eigenvalue weighted by atomic mass is 35.5. The number of hydrogen-bond acceptors (Lipinski definition) is 3. The third-order valence-corrected chi connectivity index (χ3v) is 3.76. The molecule has 0 saturated heterocycles. The lowest BCUT2D eigenvalue weighted by molar-refractivity contribution is 0.0697. The molecule has 0 bridgehead atoms. The molecule has 2 N–H and O–H groups in total. The Morgan fingerprint density at radius 1 is 1.08 bits per heavy atom. The SMILES string of the molecule is Cc1cc(C)c2nc(C)cc(Nc3cccc(C(=O)O)c3)c2c1.Cl. The molecule has 1 heterocycles. The van der Waals surface area contributed by atoms with Gasteiger partial charge in [-0.3, -0.25) is 4.98 Å². The summed E-state index contributed by atoms with van der Waals surface area (Å²) in [4.78, 5) is 15.8. The van der Waals surface area contributed by atoms with Crippen LogP contribution in [-0.4, -0.2) is 16.1 Å². The van der Waals surface area contributed by atoms with Crippen LogP contribution in [0, 0.1) is 20.8 Å². The van der Waals surface area contributed by atoms with Gasteiger partial charge in [0.15, 0.2) is 0 Å². The van der Waals surface area contributed by atoms with E-state index in [0.717, 1.165) is 33.5 Å². The van der Waals surface area contributed by atoms with Gasteiger partial charge in [0.1, 0.15) is 0 Å². The molecule has 0 unspecified atom stereocenters. The number of pyridine rings is 1. The Balaban J connectivity index is 0.00000208. The number of carbonyl (C=O) groups is 1. The average Bonchev–Trinajstić information content (AvgIpc) is 2.49. The minimum atomic E-state index is -0.934. The van der Waals surface area contributed by atoms with E-state index in [9.17, 15) is 4.79 Å². The molecule has 0 radical (unpaired) electrons. The Hall–Kier alpha value is -2.59. The van der Waals surface area contributed by atoms with Crippen LogP contribution in [-0.2, 0) is 0 Å². The predicted molar refractivity (Wildman–Crippen MR) is 99.9 cm³/mol. The number of hydrogen-bond donors (Lipinski definition) is 2. The molecule has 24 heavy (non-hydrogen) atoms. The first-order chi connectivity index (χ1) is 10.9. The van der Waals surface area contributed by atoms with Crippen molar-refractivity contribution in [2.45, 2.75) is 20.8 Å². The first-order valence-electron chi connectivity index (χ1n) is 7.43. The summed E-state index contributed by atoms with van der Waals surface area (Å²) in [7, 11) is 0. The van der Waals surface area contributed by atoms with Crippen LogP contribution in [0.3, 0.4) is 0 Å². The largest absolute Gasteiger partial charge is 0.478 e. The minimum absolute atomic E-state index is 0. The fourth-order valence-electron chi connectivity index (χ4n) is 2.80. The predicted octanol–water partition coefficient (Wildman–Crippen LogP) is 5.02. The van der Waals surface area contributed by atoms with Crippen LogP contribution < -0.4 is 5.32 Å².